The topological polar surface area (TPSA) is 46.3 Å². The van der Waals surface area contributed by atoms with E-state index < -0.39 is 11.9 Å². The van der Waals surface area contributed by atoms with Gasteiger partial charge >= 0.3 is 0 Å². The van der Waals surface area contributed by atoms with Crippen molar-refractivity contribution in [3.63, 3.8) is 0 Å². The molecule has 0 radical (unpaired) electrons. The summed E-state index contributed by atoms with van der Waals surface area (Å²) in [6.07, 6.45) is 0. The van der Waals surface area contributed by atoms with E-state index in [1.165, 1.54) is 17.0 Å². The van der Waals surface area contributed by atoms with Gasteiger partial charge in [-0.25, -0.2) is 4.39 Å². The van der Waals surface area contributed by atoms with Crippen molar-refractivity contribution in [1.82, 2.24) is 0 Å². The van der Waals surface area contributed by atoms with Gasteiger partial charge in [-0.15, -0.1) is 0 Å². The number of nitrogens with zero attached hydrogens (tertiary/aromatic N) is 1. The quantitative estimate of drug-likeness (QED) is 0.915. The number of anilines is 1. The fourth-order valence-electron chi connectivity index (χ4n) is 2.42. The van der Waals surface area contributed by atoms with Crippen LogP contribution in [0, 0.1) is 5.82 Å². The van der Waals surface area contributed by atoms with Gasteiger partial charge in [-0.1, -0.05) is 29.3 Å². The van der Waals surface area contributed by atoms with Crippen molar-refractivity contribution in [3.05, 3.63) is 63.4 Å². The molecule has 108 valence electrons. The van der Waals surface area contributed by atoms with Crippen molar-refractivity contribution in [1.29, 1.82) is 0 Å². The van der Waals surface area contributed by atoms with Crippen LogP contribution in [0.1, 0.15) is 17.2 Å². The van der Waals surface area contributed by atoms with Gasteiger partial charge in [-0.05, 0) is 35.9 Å². The highest BCUT2D eigenvalue weighted by molar-refractivity contribution is 6.42. The summed E-state index contributed by atoms with van der Waals surface area (Å²) in [4.78, 5) is 13.8. The molecule has 21 heavy (non-hydrogen) atoms. The van der Waals surface area contributed by atoms with E-state index in [2.05, 4.69) is 0 Å². The zero-order chi connectivity index (χ0) is 15.1. The minimum Gasteiger partial charge on any atom is -0.316 e. The maximum atomic E-state index is 13.3. The lowest BCUT2D eigenvalue weighted by Crippen LogP contribution is -2.31. The Balaban J connectivity index is 1.96. The van der Waals surface area contributed by atoms with Gasteiger partial charge in [-0.2, -0.15) is 0 Å². The summed E-state index contributed by atoms with van der Waals surface area (Å²) in [6, 6.07) is 8.49. The van der Waals surface area contributed by atoms with Gasteiger partial charge in [0.25, 0.3) is 0 Å². The molecule has 6 heteroatoms. The molecule has 1 amide bonds. The number of fused-ring (bicyclic) bond motifs is 1. The number of carbonyl (C=O) groups is 1. The molecule has 0 bridgehead atoms. The van der Waals surface area contributed by atoms with Gasteiger partial charge in [0.1, 0.15) is 11.9 Å². The number of amides is 1. The van der Waals surface area contributed by atoms with Crippen LogP contribution in [-0.2, 0) is 11.3 Å². The average molecular weight is 325 g/mol. The molecule has 2 aromatic rings. The predicted octanol–water partition coefficient (Wildman–Crippen LogP) is 3.68. The third kappa shape index (κ3) is 2.50. The zero-order valence-corrected chi connectivity index (χ0v) is 12.3. The van der Waals surface area contributed by atoms with Crippen molar-refractivity contribution in [3.8, 4) is 0 Å². The van der Waals surface area contributed by atoms with Crippen molar-refractivity contribution in [2.24, 2.45) is 5.73 Å². The Morgan fingerprint density at radius 2 is 1.90 bits per heavy atom. The summed E-state index contributed by atoms with van der Waals surface area (Å²) in [5.74, 6) is -0.671. The Kier molecular flexibility index (Phi) is 3.61. The lowest BCUT2D eigenvalue weighted by molar-refractivity contribution is -0.119. The highest BCUT2D eigenvalue weighted by Crippen LogP contribution is 2.36. The SMILES string of the molecule is NC1C(=O)N(Cc2ccc(Cl)c(Cl)c2)c2ccc(F)cc21. The van der Waals surface area contributed by atoms with Crippen LogP contribution in [0.15, 0.2) is 36.4 Å². The summed E-state index contributed by atoms with van der Waals surface area (Å²) in [6.45, 7) is 0.308. The molecule has 0 saturated carbocycles. The van der Waals surface area contributed by atoms with E-state index >= 15 is 0 Å². The molecule has 3 nitrogen and oxygen atoms in total. The van der Waals surface area contributed by atoms with Crippen molar-refractivity contribution < 1.29 is 9.18 Å². The van der Waals surface area contributed by atoms with Crippen molar-refractivity contribution >= 4 is 34.8 Å². The minimum absolute atomic E-state index is 0.262. The second-order valence-corrected chi connectivity index (χ2v) is 5.67. The molecular weight excluding hydrogens is 314 g/mol. The fraction of sp³-hybridized carbons (Fsp3) is 0.133. The first-order valence-electron chi connectivity index (χ1n) is 6.27. The Labute approximate surface area is 131 Å². The first-order chi connectivity index (χ1) is 9.97. The van der Waals surface area contributed by atoms with Crippen LogP contribution in [0.3, 0.4) is 0 Å². The lowest BCUT2D eigenvalue weighted by Gasteiger charge is -2.18. The monoisotopic (exact) mass is 324 g/mol. The zero-order valence-electron chi connectivity index (χ0n) is 10.8. The molecule has 2 aromatic carbocycles. The number of rotatable bonds is 2. The van der Waals surface area contributed by atoms with Crippen LogP contribution in [0.5, 0.6) is 0 Å². The van der Waals surface area contributed by atoms with E-state index in [1.807, 2.05) is 0 Å². The molecule has 1 atom stereocenters. The third-order valence-electron chi connectivity index (χ3n) is 3.47. The molecule has 0 saturated heterocycles. The molecule has 0 aliphatic carbocycles. The number of benzene rings is 2. The summed E-state index contributed by atoms with van der Waals surface area (Å²) in [7, 11) is 0. The second-order valence-electron chi connectivity index (χ2n) is 4.85. The van der Waals surface area contributed by atoms with Crippen LogP contribution in [0.2, 0.25) is 10.0 Å². The summed E-state index contributed by atoms with van der Waals surface area (Å²) in [5.41, 5.74) is 7.80. The van der Waals surface area contributed by atoms with E-state index in [-0.39, 0.29) is 5.91 Å². The number of carbonyl (C=O) groups excluding carboxylic acids is 1. The summed E-state index contributed by atoms with van der Waals surface area (Å²) in [5, 5.41) is 0.872. The van der Waals surface area contributed by atoms with Crippen LogP contribution < -0.4 is 10.6 Å². The first-order valence-corrected chi connectivity index (χ1v) is 7.03. The highest BCUT2D eigenvalue weighted by Gasteiger charge is 2.35. The molecule has 0 aromatic heterocycles. The molecule has 1 unspecified atom stereocenters. The number of hydrogen-bond acceptors (Lipinski definition) is 2. The van der Waals surface area contributed by atoms with Crippen molar-refractivity contribution in [2.75, 3.05) is 4.90 Å². The van der Waals surface area contributed by atoms with Gasteiger partial charge in [0.15, 0.2) is 0 Å². The van der Waals surface area contributed by atoms with E-state index in [1.54, 1.807) is 24.3 Å². The Morgan fingerprint density at radius 3 is 2.62 bits per heavy atom. The maximum absolute atomic E-state index is 13.3. The van der Waals surface area contributed by atoms with Crippen molar-refractivity contribution in [2.45, 2.75) is 12.6 Å². The van der Waals surface area contributed by atoms with E-state index in [0.29, 0.717) is 27.8 Å². The Morgan fingerprint density at radius 1 is 1.14 bits per heavy atom. The van der Waals surface area contributed by atoms with E-state index in [4.69, 9.17) is 28.9 Å². The Bertz CT molecular complexity index is 736. The Hall–Kier alpha value is -1.62. The molecule has 1 aliphatic rings. The van der Waals surface area contributed by atoms with E-state index in [9.17, 15) is 9.18 Å². The molecule has 0 spiro atoms. The van der Waals surface area contributed by atoms with Gasteiger partial charge in [0, 0.05) is 11.3 Å². The summed E-state index contributed by atoms with van der Waals surface area (Å²) < 4.78 is 13.3. The molecule has 2 N–H and O–H groups in total. The molecule has 1 aliphatic heterocycles. The minimum atomic E-state index is -0.835. The van der Waals surface area contributed by atoms with Crippen LogP contribution in [0.4, 0.5) is 10.1 Å². The standard InChI is InChI=1S/C15H11Cl2FN2O/c16-11-3-1-8(5-12(11)17)7-20-13-4-2-9(18)6-10(13)14(19)15(20)21/h1-6,14H,7,19H2. The predicted molar refractivity (Wildman–Crippen MR) is 81.0 cm³/mol. The highest BCUT2D eigenvalue weighted by atomic mass is 35.5. The van der Waals surface area contributed by atoms with Gasteiger partial charge in [0.05, 0.1) is 16.6 Å². The largest absolute Gasteiger partial charge is 0.316 e. The molecular formula is C15H11Cl2FN2O. The van der Waals surface area contributed by atoms with Crippen LogP contribution in [0.25, 0.3) is 0 Å². The fourth-order valence-corrected chi connectivity index (χ4v) is 2.74. The molecule has 3 rings (SSSR count). The summed E-state index contributed by atoms with van der Waals surface area (Å²) >= 11 is 11.8. The van der Waals surface area contributed by atoms with Crippen LogP contribution >= 0.6 is 23.2 Å². The smallest absolute Gasteiger partial charge is 0.248 e. The van der Waals surface area contributed by atoms with Gasteiger partial charge < -0.3 is 10.6 Å². The molecule has 0 fully saturated rings. The van der Waals surface area contributed by atoms with Gasteiger partial charge in [-0.3, -0.25) is 4.79 Å². The number of nitrogens with two attached hydrogens (primary N) is 1. The van der Waals surface area contributed by atoms with Crippen LogP contribution in [-0.4, -0.2) is 5.91 Å². The normalized spacial score (nSPS) is 17.2. The van der Waals surface area contributed by atoms with Gasteiger partial charge in [0.2, 0.25) is 5.91 Å². The average Bonchev–Trinajstić information content (AvgIpc) is 2.68. The molecule has 1 heterocycles. The number of halogens is 3. The third-order valence-corrected chi connectivity index (χ3v) is 4.21. The lowest BCUT2D eigenvalue weighted by atomic mass is 10.1. The first kappa shape index (κ1) is 14.3. The second kappa shape index (κ2) is 5.30. The van der Waals surface area contributed by atoms with E-state index in [0.717, 1.165) is 5.56 Å². The maximum Gasteiger partial charge on any atom is 0.248 e. The number of hydrogen-bond donors (Lipinski definition) is 1.